The quantitative estimate of drug-likeness (QED) is 0.105. The van der Waals surface area contributed by atoms with Crippen molar-refractivity contribution in [1.82, 2.24) is 16.0 Å². The molecule has 5 fully saturated rings. The van der Waals surface area contributed by atoms with E-state index in [2.05, 4.69) is 16.0 Å². The Morgan fingerprint density at radius 1 is 0.578 bits per heavy atom. The first kappa shape index (κ1) is 52.0. The zero-order chi connectivity index (χ0) is 47.8. The lowest BCUT2D eigenvalue weighted by molar-refractivity contribution is -0.301. The van der Waals surface area contributed by atoms with Crippen LogP contribution in [0.4, 0.5) is 14.4 Å². The van der Waals surface area contributed by atoms with Crippen molar-refractivity contribution >= 4 is 24.4 Å². The van der Waals surface area contributed by atoms with Gasteiger partial charge in [-0.3, -0.25) is 0 Å². The van der Waals surface area contributed by atoms with Gasteiger partial charge in [-0.25, -0.2) is 19.2 Å². The molecule has 0 bridgehead atoms. The molecule has 5 rings (SSSR count). The molecular weight excluding hydrogens is 835 g/mol. The fourth-order valence-corrected chi connectivity index (χ4v) is 11.5. The number of hydrogen-bond acceptors (Lipinski definition) is 18. The maximum atomic E-state index is 15.1. The average molecular weight is 914 g/mol. The van der Waals surface area contributed by atoms with E-state index in [9.17, 15) is 14.4 Å². The fourth-order valence-electron chi connectivity index (χ4n) is 11.5. The summed E-state index contributed by atoms with van der Waals surface area (Å²) in [6.45, 7) is 29.6. The molecular formula is C46H79N3O15. The Labute approximate surface area is 380 Å². The molecule has 0 aromatic carbocycles. The maximum Gasteiger partial charge on any atom is 0.512 e. The van der Waals surface area contributed by atoms with Crippen LogP contribution in [0.15, 0.2) is 0 Å². The van der Waals surface area contributed by atoms with Gasteiger partial charge in [0.15, 0.2) is 6.10 Å². The summed E-state index contributed by atoms with van der Waals surface area (Å²) in [5, 5.41) is 10.6. The predicted molar refractivity (Wildman–Crippen MR) is 232 cm³/mol. The second-order valence-electron chi connectivity index (χ2n) is 23.5. The highest BCUT2D eigenvalue weighted by atomic mass is 16.9. The van der Waals surface area contributed by atoms with Gasteiger partial charge < -0.3 is 68.1 Å². The molecule has 5 heterocycles. The standard InChI is InChI=1S/C46H79N3O15/c1-16-32(62-35(51)59-29-17-39(4,5)47-40(6,7)18-29)46(63-36(52)60-30-19-41(8,9)48-42(10,11)20-30,64-37(53)61-31-21-43(12,13)49-44(14,15)22-31)34(50)57-23-38(2,3)33-45(26-56-28-58-33)24-54-27-55-25-45/h29-33,47-49H,16-28H2,1-15H3. The maximum absolute atomic E-state index is 15.1. The largest absolute Gasteiger partial charge is 0.512 e. The topological polar surface area (TPSA) is 206 Å². The van der Waals surface area contributed by atoms with Crippen LogP contribution in [0.5, 0.6) is 0 Å². The summed E-state index contributed by atoms with van der Waals surface area (Å²) < 4.78 is 65.0. The van der Waals surface area contributed by atoms with E-state index in [4.69, 9.17) is 52.1 Å². The van der Waals surface area contributed by atoms with Crippen molar-refractivity contribution in [1.29, 1.82) is 0 Å². The van der Waals surface area contributed by atoms with E-state index in [1.165, 1.54) is 0 Å². The van der Waals surface area contributed by atoms with Gasteiger partial charge in [0.1, 0.15) is 31.9 Å². The summed E-state index contributed by atoms with van der Waals surface area (Å²) in [5.74, 6) is -4.45. The lowest BCUT2D eigenvalue weighted by Gasteiger charge is -2.50. The fraction of sp³-hybridized carbons (Fsp3) is 0.913. The Morgan fingerprint density at radius 3 is 1.31 bits per heavy atom. The van der Waals surface area contributed by atoms with E-state index < -0.39 is 105 Å². The Hall–Kier alpha value is -3.00. The number of carbonyl (C=O) groups excluding carboxylic acids is 4. The minimum Gasteiger partial charge on any atom is -0.459 e. The normalized spacial score (nSPS) is 27.0. The van der Waals surface area contributed by atoms with E-state index in [0.29, 0.717) is 38.5 Å². The molecule has 2 atom stereocenters. The number of ether oxygens (including phenoxy) is 11. The molecule has 3 N–H and O–H groups in total. The third-order valence-corrected chi connectivity index (χ3v) is 12.5. The third-order valence-electron chi connectivity index (χ3n) is 12.5. The van der Waals surface area contributed by atoms with Crippen molar-refractivity contribution in [3.05, 3.63) is 0 Å². The molecule has 0 aliphatic carbocycles. The number of piperidine rings is 3. The number of carbonyl (C=O) groups is 4. The zero-order valence-corrected chi connectivity index (χ0v) is 41.2. The second kappa shape index (κ2) is 18.9. The molecule has 5 saturated heterocycles. The SMILES string of the molecule is CCC(OC(=O)OC1CC(C)(C)NC(C)(C)C1)C(OC(=O)OC1CC(C)(C)NC(C)(C)C1)(OC(=O)OC1CC(C)(C)NC(C)(C)C1)C(=O)OCC(C)(C)C1OCOCC12COCOC2. The second-order valence-corrected chi connectivity index (χ2v) is 23.5. The number of rotatable bonds is 12. The molecule has 5 aliphatic heterocycles. The smallest absolute Gasteiger partial charge is 0.459 e. The van der Waals surface area contributed by atoms with Crippen LogP contribution in [0.2, 0.25) is 0 Å². The molecule has 0 aromatic rings. The van der Waals surface area contributed by atoms with Gasteiger partial charge in [-0.05, 0) is 89.5 Å². The summed E-state index contributed by atoms with van der Waals surface area (Å²) in [7, 11) is 0. The van der Waals surface area contributed by atoms with Crippen molar-refractivity contribution in [2.45, 2.75) is 218 Å². The van der Waals surface area contributed by atoms with Crippen molar-refractivity contribution in [3.8, 4) is 0 Å². The van der Waals surface area contributed by atoms with Gasteiger partial charge in [0.2, 0.25) is 0 Å². The van der Waals surface area contributed by atoms with Crippen LogP contribution in [0.1, 0.15) is 149 Å². The van der Waals surface area contributed by atoms with Crippen LogP contribution in [-0.2, 0) is 56.9 Å². The molecule has 0 saturated carbocycles. The lowest BCUT2D eigenvalue weighted by Crippen LogP contribution is -2.62. The van der Waals surface area contributed by atoms with Gasteiger partial charge in [-0.2, -0.15) is 0 Å². The van der Waals surface area contributed by atoms with Crippen molar-refractivity contribution < 1.29 is 71.3 Å². The Kier molecular flexibility index (Phi) is 15.4. The predicted octanol–water partition coefficient (Wildman–Crippen LogP) is 6.78. The van der Waals surface area contributed by atoms with Gasteiger partial charge in [-0.1, -0.05) is 20.8 Å². The van der Waals surface area contributed by atoms with Gasteiger partial charge >= 0.3 is 30.2 Å². The summed E-state index contributed by atoms with van der Waals surface area (Å²) in [4.78, 5) is 57.6. The summed E-state index contributed by atoms with van der Waals surface area (Å²) in [6, 6.07) is 0. The zero-order valence-electron chi connectivity index (χ0n) is 41.2. The van der Waals surface area contributed by atoms with E-state index in [1.807, 2.05) is 96.9 Å². The first-order valence-electron chi connectivity index (χ1n) is 22.9. The first-order chi connectivity index (χ1) is 29.3. The van der Waals surface area contributed by atoms with Crippen LogP contribution >= 0.6 is 0 Å². The van der Waals surface area contributed by atoms with Gasteiger partial charge in [0.25, 0.3) is 0 Å². The summed E-state index contributed by atoms with van der Waals surface area (Å²) in [6.07, 6.45) is -6.01. The van der Waals surface area contributed by atoms with Gasteiger partial charge in [0, 0.05) is 77.2 Å². The van der Waals surface area contributed by atoms with Crippen LogP contribution < -0.4 is 16.0 Å². The minimum absolute atomic E-state index is 0.0223. The van der Waals surface area contributed by atoms with Gasteiger partial charge in [-0.15, -0.1) is 0 Å². The molecule has 0 amide bonds. The minimum atomic E-state index is -3.09. The van der Waals surface area contributed by atoms with Crippen molar-refractivity contribution in [2.75, 3.05) is 40.0 Å². The molecule has 18 nitrogen and oxygen atoms in total. The average Bonchev–Trinajstić information content (AvgIpc) is 3.08. The molecule has 5 aliphatic rings. The van der Waals surface area contributed by atoms with Crippen LogP contribution in [0.3, 0.4) is 0 Å². The molecule has 0 aromatic heterocycles. The highest BCUT2D eigenvalue weighted by Crippen LogP contribution is 2.43. The molecule has 1 spiro atoms. The number of hydrogen-bond donors (Lipinski definition) is 3. The number of esters is 1. The third kappa shape index (κ3) is 13.6. The Morgan fingerprint density at radius 2 is 0.938 bits per heavy atom. The van der Waals surface area contributed by atoms with E-state index >= 15 is 4.79 Å². The van der Waals surface area contributed by atoms with Crippen LogP contribution in [0, 0.1) is 10.8 Å². The lowest BCUT2D eigenvalue weighted by atomic mass is 9.70. The molecule has 64 heavy (non-hydrogen) atoms. The highest BCUT2D eigenvalue weighted by molar-refractivity contribution is 5.84. The monoisotopic (exact) mass is 914 g/mol. The molecule has 2 unspecified atom stereocenters. The van der Waals surface area contributed by atoms with E-state index in [-0.39, 0.29) is 46.4 Å². The van der Waals surface area contributed by atoms with Crippen LogP contribution in [-0.4, -0.2) is 134 Å². The van der Waals surface area contributed by atoms with Crippen molar-refractivity contribution in [3.63, 3.8) is 0 Å². The Balaban J connectivity index is 1.52. The summed E-state index contributed by atoms with van der Waals surface area (Å²) >= 11 is 0. The van der Waals surface area contributed by atoms with Crippen molar-refractivity contribution in [2.24, 2.45) is 10.8 Å². The molecule has 0 radical (unpaired) electrons. The number of nitrogens with one attached hydrogen (secondary N) is 3. The summed E-state index contributed by atoms with van der Waals surface area (Å²) in [5.41, 5.74) is -4.28. The highest BCUT2D eigenvalue weighted by Gasteiger charge is 2.61. The Bertz CT molecular complexity index is 1560. The van der Waals surface area contributed by atoms with Gasteiger partial charge in [0.05, 0.1) is 37.9 Å². The first-order valence-corrected chi connectivity index (χ1v) is 22.9. The molecule has 18 heteroatoms. The van der Waals surface area contributed by atoms with E-state index in [1.54, 1.807) is 6.92 Å². The van der Waals surface area contributed by atoms with E-state index in [0.717, 1.165) is 0 Å². The van der Waals surface area contributed by atoms with Crippen LogP contribution in [0.25, 0.3) is 0 Å². The molecule has 368 valence electrons.